The zero-order valence-corrected chi connectivity index (χ0v) is 16.1. The first kappa shape index (κ1) is 16.2. The highest BCUT2D eigenvalue weighted by atomic mass is 79.9. The second kappa shape index (κ2) is 7.20. The van der Waals surface area contributed by atoms with E-state index in [1.165, 1.54) is 5.56 Å². The van der Waals surface area contributed by atoms with Gasteiger partial charge in [0.2, 0.25) is 0 Å². The van der Waals surface area contributed by atoms with E-state index < -0.39 is 0 Å². The SMILES string of the molecule is CCNC(c1ccc(Br)cc1Br)c1c(Br)cnn1CC. The lowest BCUT2D eigenvalue weighted by molar-refractivity contribution is 0.539. The number of nitrogens with zero attached hydrogens (tertiary/aromatic N) is 2. The molecular formula is C14H16Br3N3. The average molecular weight is 466 g/mol. The van der Waals surface area contributed by atoms with Crippen molar-refractivity contribution >= 4 is 47.8 Å². The number of aromatic nitrogens is 2. The van der Waals surface area contributed by atoms with E-state index in [1.807, 2.05) is 10.9 Å². The van der Waals surface area contributed by atoms with Gasteiger partial charge in [0.1, 0.15) is 0 Å². The summed E-state index contributed by atoms with van der Waals surface area (Å²) < 4.78 is 5.19. The largest absolute Gasteiger partial charge is 0.305 e. The Morgan fingerprint density at radius 1 is 1.20 bits per heavy atom. The normalized spacial score (nSPS) is 12.7. The molecule has 0 amide bonds. The molecule has 108 valence electrons. The van der Waals surface area contributed by atoms with Gasteiger partial charge in [-0.2, -0.15) is 5.10 Å². The average Bonchev–Trinajstić information content (AvgIpc) is 2.78. The monoisotopic (exact) mass is 463 g/mol. The first-order valence-electron chi connectivity index (χ1n) is 6.48. The van der Waals surface area contributed by atoms with E-state index in [9.17, 15) is 0 Å². The maximum atomic E-state index is 4.42. The zero-order valence-electron chi connectivity index (χ0n) is 11.3. The summed E-state index contributed by atoms with van der Waals surface area (Å²) in [5.74, 6) is 0. The van der Waals surface area contributed by atoms with Crippen LogP contribution in [0.15, 0.2) is 37.8 Å². The molecule has 0 saturated carbocycles. The summed E-state index contributed by atoms with van der Waals surface area (Å²) in [6, 6.07) is 6.35. The topological polar surface area (TPSA) is 29.9 Å². The molecule has 0 aliphatic rings. The summed E-state index contributed by atoms with van der Waals surface area (Å²) in [5, 5.41) is 7.96. The van der Waals surface area contributed by atoms with Crippen molar-refractivity contribution in [1.82, 2.24) is 15.1 Å². The molecule has 6 heteroatoms. The summed E-state index contributed by atoms with van der Waals surface area (Å²) in [7, 11) is 0. The molecule has 0 aliphatic carbocycles. The number of rotatable bonds is 5. The van der Waals surface area contributed by atoms with Crippen LogP contribution in [0.4, 0.5) is 0 Å². The van der Waals surface area contributed by atoms with E-state index >= 15 is 0 Å². The second-order valence-electron chi connectivity index (χ2n) is 4.35. The van der Waals surface area contributed by atoms with Crippen molar-refractivity contribution < 1.29 is 0 Å². The molecule has 3 nitrogen and oxygen atoms in total. The number of nitrogens with one attached hydrogen (secondary N) is 1. The van der Waals surface area contributed by atoms with Gasteiger partial charge >= 0.3 is 0 Å². The number of hydrogen-bond acceptors (Lipinski definition) is 2. The van der Waals surface area contributed by atoms with E-state index in [0.717, 1.165) is 32.2 Å². The third-order valence-corrected chi connectivity index (χ3v) is 4.88. The van der Waals surface area contributed by atoms with E-state index in [-0.39, 0.29) is 6.04 Å². The molecule has 0 saturated heterocycles. The minimum absolute atomic E-state index is 0.0966. The Bertz CT molecular complexity index is 595. The van der Waals surface area contributed by atoms with Crippen molar-refractivity contribution in [3.05, 3.63) is 49.1 Å². The van der Waals surface area contributed by atoms with E-state index in [1.54, 1.807) is 0 Å². The predicted octanol–water partition coefficient (Wildman–Crippen LogP) is 4.89. The van der Waals surface area contributed by atoms with E-state index in [4.69, 9.17) is 0 Å². The van der Waals surface area contributed by atoms with Gasteiger partial charge in [-0.05, 0) is 47.1 Å². The fraction of sp³-hybridized carbons (Fsp3) is 0.357. The summed E-state index contributed by atoms with van der Waals surface area (Å²) in [5.41, 5.74) is 2.35. The summed E-state index contributed by atoms with van der Waals surface area (Å²) in [6.45, 7) is 5.94. The highest BCUT2D eigenvalue weighted by Gasteiger charge is 2.22. The Kier molecular flexibility index (Phi) is 5.84. The predicted molar refractivity (Wildman–Crippen MR) is 93.0 cm³/mol. The van der Waals surface area contributed by atoms with Crippen LogP contribution >= 0.6 is 47.8 Å². The van der Waals surface area contributed by atoms with Crippen LogP contribution < -0.4 is 5.32 Å². The quantitative estimate of drug-likeness (QED) is 0.681. The van der Waals surface area contributed by atoms with Crippen molar-refractivity contribution in [2.24, 2.45) is 0 Å². The fourth-order valence-electron chi connectivity index (χ4n) is 2.20. The van der Waals surface area contributed by atoms with Gasteiger partial charge in [-0.15, -0.1) is 0 Å². The lowest BCUT2D eigenvalue weighted by Crippen LogP contribution is -2.25. The smallest absolute Gasteiger partial charge is 0.0770 e. The van der Waals surface area contributed by atoms with Gasteiger partial charge in [0.15, 0.2) is 0 Å². The molecule has 0 spiro atoms. The van der Waals surface area contributed by atoms with E-state index in [0.29, 0.717) is 0 Å². The number of aryl methyl sites for hydroxylation is 1. The lowest BCUT2D eigenvalue weighted by Gasteiger charge is -2.21. The highest BCUT2D eigenvalue weighted by Crippen LogP contribution is 2.34. The van der Waals surface area contributed by atoms with Crippen LogP contribution in [-0.4, -0.2) is 16.3 Å². The Labute approximate surface area is 144 Å². The molecule has 0 radical (unpaired) electrons. The molecule has 1 heterocycles. The molecule has 0 bridgehead atoms. The van der Waals surface area contributed by atoms with Gasteiger partial charge in [-0.3, -0.25) is 4.68 Å². The summed E-state index contributed by atoms with van der Waals surface area (Å²) in [6.07, 6.45) is 1.86. The lowest BCUT2D eigenvalue weighted by atomic mass is 10.0. The van der Waals surface area contributed by atoms with Crippen LogP contribution in [0.3, 0.4) is 0 Å². The van der Waals surface area contributed by atoms with Gasteiger partial charge in [-0.25, -0.2) is 0 Å². The van der Waals surface area contributed by atoms with Crippen LogP contribution in [0, 0.1) is 0 Å². The van der Waals surface area contributed by atoms with Gasteiger partial charge in [0.05, 0.1) is 22.4 Å². The number of hydrogen-bond donors (Lipinski definition) is 1. The minimum Gasteiger partial charge on any atom is -0.305 e. The van der Waals surface area contributed by atoms with Crippen molar-refractivity contribution in [3.63, 3.8) is 0 Å². The van der Waals surface area contributed by atoms with Crippen LogP contribution in [0.5, 0.6) is 0 Å². The first-order valence-corrected chi connectivity index (χ1v) is 8.85. The third kappa shape index (κ3) is 3.35. The van der Waals surface area contributed by atoms with Gasteiger partial charge < -0.3 is 5.32 Å². The zero-order chi connectivity index (χ0) is 14.7. The standard InChI is InChI=1S/C14H16Br3N3/c1-3-18-13(10-6-5-9(15)7-11(10)16)14-12(17)8-19-20(14)4-2/h5-8,13,18H,3-4H2,1-2H3. The van der Waals surface area contributed by atoms with Crippen LogP contribution in [0.25, 0.3) is 0 Å². The molecule has 1 aromatic heterocycles. The van der Waals surface area contributed by atoms with Crippen molar-refractivity contribution in [1.29, 1.82) is 0 Å². The maximum absolute atomic E-state index is 4.42. The molecule has 1 atom stereocenters. The number of benzene rings is 1. The van der Waals surface area contributed by atoms with Crippen LogP contribution in [0.2, 0.25) is 0 Å². The summed E-state index contributed by atoms with van der Waals surface area (Å²) in [4.78, 5) is 0. The molecule has 20 heavy (non-hydrogen) atoms. The van der Waals surface area contributed by atoms with Crippen molar-refractivity contribution in [3.8, 4) is 0 Å². The third-order valence-electron chi connectivity index (χ3n) is 3.09. The maximum Gasteiger partial charge on any atom is 0.0770 e. The Morgan fingerprint density at radius 3 is 2.55 bits per heavy atom. The number of halogens is 3. The Hall–Kier alpha value is -0.170. The Balaban J connectivity index is 2.53. The Morgan fingerprint density at radius 2 is 1.95 bits per heavy atom. The van der Waals surface area contributed by atoms with E-state index in [2.05, 4.69) is 90.3 Å². The second-order valence-corrected chi connectivity index (χ2v) is 6.97. The minimum atomic E-state index is 0.0966. The molecule has 2 aromatic rings. The molecule has 1 unspecified atom stereocenters. The van der Waals surface area contributed by atoms with Gasteiger partial charge in [0, 0.05) is 15.5 Å². The van der Waals surface area contributed by atoms with Crippen molar-refractivity contribution in [2.75, 3.05) is 6.54 Å². The molecule has 0 fully saturated rings. The summed E-state index contributed by atoms with van der Waals surface area (Å²) >= 11 is 10.8. The van der Waals surface area contributed by atoms with Gasteiger partial charge in [-0.1, -0.05) is 44.8 Å². The van der Waals surface area contributed by atoms with Crippen LogP contribution in [0.1, 0.15) is 31.1 Å². The van der Waals surface area contributed by atoms with Gasteiger partial charge in [0.25, 0.3) is 0 Å². The molecule has 1 N–H and O–H groups in total. The molecule has 2 rings (SSSR count). The van der Waals surface area contributed by atoms with Crippen LogP contribution in [-0.2, 0) is 6.54 Å². The first-order chi connectivity index (χ1) is 9.58. The van der Waals surface area contributed by atoms with Crippen molar-refractivity contribution in [2.45, 2.75) is 26.4 Å². The molecule has 0 aliphatic heterocycles. The molecule has 1 aromatic carbocycles. The molecular weight excluding hydrogens is 450 g/mol. The highest BCUT2D eigenvalue weighted by molar-refractivity contribution is 9.11. The fourth-order valence-corrected chi connectivity index (χ4v) is 4.01.